The molecule has 1 rings (SSSR count). The summed E-state index contributed by atoms with van der Waals surface area (Å²) in [7, 11) is 0. The first-order valence-corrected chi connectivity index (χ1v) is 6.72. The van der Waals surface area contributed by atoms with Gasteiger partial charge >= 0.3 is 0 Å². The second kappa shape index (κ2) is 7.70. The van der Waals surface area contributed by atoms with Crippen molar-refractivity contribution in [2.75, 3.05) is 6.54 Å². The van der Waals surface area contributed by atoms with Crippen LogP contribution in [0.25, 0.3) is 0 Å². The number of aliphatic hydroxyl groups is 1. The van der Waals surface area contributed by atoms with Crippen molar-refractivity contribution in [2.24, 2.45) is 0 Å². The number of rotatable bonds is 7. The predicted octanol–water partition coefficient (Wildman–Crippen LogP) is 3.54. The van der Waals surface area contributed by atoms with Gasteiger partial charge in [-0.1, -0.05) is 44.0 Å². The van der Waals surface area contributed by atoms with Crippen LogP contribution in [0.4, 0.5) is 0 Å². The quantitative estimate of drug-likeness (QED) is 0.781. The van der Waals surface area contributed by atoms with E-state index in [4.69, 9.17) is 11.6 Å². The Bertz CT molecular complexity index is 313. The molecular formula is C14H22ClNO. The molecule has 0 fully saturated rings. The first kappa shape index (κ1) is 14.5. The maximum atomic E-state index is 10.0. The Kier molecular flexibility index (Phi) is 6.56. The molecule has 0 aliphatic heterocycles. The zero-order chi connectivity index (χ0) is 12.7. The summed E-state index contributed by atoms with van der Waals surface area (Å²) in [5.41, 5.74) is 0.910. The molecule has 2 unspecified atom stereocenters. The van der Waals surface area contributed by atoms with Gasteiger partial charge in [0.25, 0.3) is 0 Å². The number of benzene rings is 1. The van der Waals surface area contributed by atoms with Gasteiger partial charge in [-0.15, -0.1) is 0 Å². The molecule has 1 aromatic rings. The first-order chi connectivity index (χ1) is 8.17. The van der Waals surface area contributed by atoms with Crippen LogP contribution in [0.5, 0.6) is 0 Å². The van der Waals surface area contributed by atoms with Gasteiger partial charge in [0.15, 0.2) is 0 Å². The summed E-state index contributed by atoms with van der Waals surface area (Å²) in [5, 5.41) is 14.1. The van der Waals surface area contributed by atoms with Crippen molar-refractivity contribution in [1.82, 2.24) is 5.32 Å². The molecule has 1 aromatic carbocycles. The first-order valence-electron chi connectivity index (χ1n) is 6.34. The van der Waals surface area contributed by atoms with Crippen LogP contribution < -0.4 is 5.32 Å². The second-order valence-electron chi connectivity index (χ2n) is 4.37. The van der Waals surface area contributed by atoms with E-state index in [-0.39, 0.29) is 0 Å². The summed E-state index contributed by atoms with van der Waals surface area (Å²) in [5.74, 6) is 0. The van der Waals surface area contributed by atoms with Crippen LogP contribution in [-0.4, -0.2) is 17.7 Å². The molecule has 0 saturated heterocycles. The van der Waals surface area contributed by atoms with Gasteiger partial charge in [-0.2, -0.15) is 0 Å². The van der Waals surface area contributed by atoms with Gasteiger partial charge in [0, 0.05) is 17.6 Å². The van der Waals surface area contributed by atoms with Crippen molar-refractivity contribution in [2.45, 2.75) is 45.3 Å². The van der Waals surface area contributed by atoms with E-state index in [0.29, 0.717) is 17.6 Å². The lowest BCUT2D eigenvalue weighted by atomic mass is 10.1. The number of halogens is 1. The summed E-state index contributed by atoms with van der Waals surface area (Å²) >= 11 is 5.81. The van der Waals surface area contributed by atoms with Gasteiger partial charge in [-0.05, 0) is 30.5 Å². The van der Waals surface area contributed by atoms with Crippen LogP contribution in [0.2, 0.25) is 5.02 Å². The molecule has 2 nitrogen and oxygen atoms in total. The maximum absolute atomic E-state index is 10.0. The largest absolute Gasteiger partial charge is 0.387 e. The monoisotopic (exact) mass is 255 g/mol. The van der Waals surface area contributed by atoms with E-state index in [0.717, 1.165) is 18.4 Å². The van der Waals surface area contributed by atoms with Crippen LogP contribution >= 0.6 is 11.6 Å². The number of hydrogen-bond acceptors (Lipinski definition) is 2. The van der Waals surface area contributed by atoms with E-state index in [2.05, 4.69) is 19.2 Å². The summed E-state index contributed by atoms with van der Waals surface area (Å²) < 4.78 is 0. The van der Waals surface area contributed by atoms with Crippen LogP contribution in [0.1, 0.15) is 44.8 Å². The van der Waals surface area contributed by atoms with Gasteiger partial charge in [0.2, 0.25) is 0 Å². The molecule has 0 saturated carbocycles. The third-order valence-electron chi connectivity index (χ3n) is 2.98. The molecule has 0 aliphatic rings. The SMILES string of the molecule is CCCC(CC)NCC(O)c1ccc(Cl)cc1. The highest BCUT2D eigenvalue weighted by atomic mass is 35.5. The lowest BCUT2D eigenvalue weighted by molar-refractivity contribution is 0.168. The average molecular weight is 256 g/mol. The summed E-state index contributed by atoms with van der Waals surface area (Å²) in [4.78, 5) is 0. The van der Waals surface area contributed by atoms with Crippen molar-refractivity contribution in [3.63, 3.8) is 0 Å². The van der Waals surface area contributed by atoms with Gasteiger partial charge < -0.3 is 10.4 Å². The van der Waals surface area contributed by atoms with Crippen LogP contribution in [0.3, 0.4) is 0 Å². The number of nitrogens with one attached hydrogen (secondary N) is 1. The minimum absolute atomic E-state index is 0.460. The van der Waals surface area contributed by atoms with Gasteiger partial charge in [0.1, 0.15) is 0 Å². The fourth-order valence-corrected chi connectivity index (χ4v) is 2.01. The molecule has 0 bridgehead atoms. The Morgan fingerprint density at radius 3 is 2.41 bits per heavy atom. The molecule has 0 radical (unpaired) electrons. The molecule has 3 heteroatoms. The van der Waals surface area contributed by atoms with Gasteiger partial charge in [0.05, 0.1) is 6.10 Å². The van der Waals surface area contributed by atoms with Crippen molar-refractivity contribution in [3.05, 3.63) is 34.9 Å². The minimum Gasteiger partial charge on any atom is -0.387 e. The van der Waals surface area contributed by atoms with E-state index in [1.165, 1.54) is 6.42 Å². The van der Waals surface area contributed by atoms with E-state index >= 15 is 0 Å². The van der Waals surface area contributed by atoms with Crippen LogP contribution in [0.15, 0.2) is 24.3 Å². The molecule has 2 N–H and O–H groups in total. The average Bonchev–Trinajstić information content (AvgIpc) is 2.35. The molecule has 0 aliphatic carbocycles. The Balaban J connectivity index is 2.43. The standard InChI is InChI=1S/C14H22ClNO/c1-3-5-13(4-2)16-10-14(17)11-6-8-12(15)9-7-11/h6-9,13-14,16-17H,3-5,10H2,1-2H3. The number of hydrogen-bond donors (Lipinski definition) is 2. The fraction of sp³-hybridized carbons (Fsp3) is 0.571. The molecule has 96 valence electrons. The smallest absolute Gasteiger partial charge is 0.0914 e. The number of aliphatic hydroxyl groups excluding tert-OH is 1. The maximum Gasteiger partial charge on any atom is 0.0914 e. The van der Waals surface area contributed by atoms with E-state index in [1.54, 1.807) is 0 Å². The summed E-state index contributed by atoms with van der Waals surface area (Å²) in [6.45, 7) is 4.95. The third-order valence-corrected chi connectivity index (χ3v) is 3.24. The fourth-order valence-electron chi connectivity index (χ4n) is 1.88. The highest BCUT2D eigenvalue weighted by molar-refractivity contribution is 6.30. The van der Waals surface area contributed by atoms with E-state index in [1.807, 2.05) is 24.3 Å². The molecule has 0 aromatic heterocycles. The van der Waals surface area contributed by atoms with Gasteiger partial charge in [-0.3, -0.25) is 0 Å². The highest BCUT2D eigenvalue weighted by Gasteiger charge is 2.10. The summed E-state index contributed by atoms with van der Waals surface area (Å²) in [6.07, 6.45) is 2.96. The summed E-state index contributed by atoms with van der Waals surface area (Å²) in [6, 6.07) is 7.86. The molecular weight excluding hydrogens is 234 g/mol. The highest BCUT2D eigenvalue weighted by Crippen LogP contribution is 2.16. The predicted molar refractivity (Wildman–Crippen MR) is 73.4 cm³/mol. The topological polar surface area (TPSA) is 32.3 Å². The van der Waals surface area contributed by atoms with Crippen molar-refractivity contribution in [3.8, 4) is 0 Å². The Morgan fingerprint density at radius 1 is 1.24 bits per heavy atom. The Hall–Kier alpha value is -0.570. The Morgan fingerprint density at radius 2 is 1.88 bits per heavy atom. The van der Waals surface area contributed by atoms with Crippen LogP contribution in [0, 0.1) is 0 Å². The lowest BCUT2D eigenvalue weighted by Gasteiger charge is -2.19. The van der Waals surface area contributed by atoms with E-state index in [9.17, 15) is 5.11 Å². The molecule has 0 amide bonds. The Labute approximate surface area is 109 Å². The third kappa shape index (κ3) is 5.07. The molecule has 0 heterocycles. The molecule has 0 spiro atoms. The zero-order valence-electron chi connectivity index (χ0n) is 10.6. The van der Waals surface area contributed by atoms with Crippen LogP contribution in [-0.2, 0) is 0 Å². The normalized spacial score (nSPS) is 14.6. The minimum atomic E-state index is -0.460. The van der Waals surface area contributed by atoms with Crippen molar-refractivity contribution < 1.29 is 5.11 Å². The molecule has 17 heavy (non-hydrogen) atoms. The second-order valence-corrected chi connectivity index (χ2v) is 4.81. The van der Waals surface area contributed by atoms with E-state index < -0.39 is 6.10 Å². The van der Waals surface area contributed by atoms with Crippen molar-refractivity contribution >= 4 is 11.6 Å². The van der Waals surface area contributed by atoms with Gasteiger partial charge in [-0.25, -0.2) is 0 Å². The lowest BCUT2D eigenvalue weighted by Crippen LogP contribution is -2.32. The zero-order valence-corrected chi connectivity index (χ0v) is 11.4. The molecule has 2 atom stereocenters. The van der Waals surface area contributed by atoms with Crippen molar-refractivity contribution in [1.29, 1.82) is 0 Å².